The first-order valence-corrected chi connectivity index (χ1v) is 7.17. The van der Waals surface area contributed by atoms with Crippen LogP contribution in [-0.2, 0) is 13.0 Å². The first-order valence-electron chi connectivity index (χ1n) is 7.17. The number of fused-ring (bicyclic) bond motifs is 1. The van der Waals surface area contributed by atoms with Crippen molar-refractivity contribution in [2.75, 3.05) is 0 Å². The molecule has 3 rings (SSSR count). The number of aryl methyl sites for hydroxylation is 2. The Kier molecular flexibility index (Phi) is 3.77. The summed E-state index contributed by atoms with van der Waals surface area (Å²) in [6.07, 6.45) is 4.66. The van der Waals surface area contributed by atoms with Crippen molar-refractivity contribution in [1.82, 2.24) is 15.2 Å². The number of furan rings is 1. The molecule has 5 heteroatoms. The van der Waals surface area contributed by atoms with Gasteiger partial charge in [-0.25, -0.2) is 5.43 Å². The molecule has 0 aliphatic heterocycles. The number of hydrogen-bond donors (Lipinski definition) is 2. The maximum Gasteiger partial charge on any atom is 0.134 e. The molecule has 0 saturated carbocycles. The van der Waals surface area contributed by atoms with E-state index in [0.717, 1.165) is 35.3 Å². The summed E-state index contributed by atoms with van der Waals surface area (Å²) >= 11 is 0. The van der Waals surface area contributed by atoms with Crippen molar-refractivity contribution in [3.8, 4) is 0 Å². The van der Waals surface area contributed by atoms with Crippen molar-refractivity contribution >= 4 is 11.0 Å². The number of nitrogens with two attached hydrogens (primary N) is 1. The minimum atomic E-state index is -0.0628. The van der Waals surface area contributed by atoms with Crippen molar-refractivity contribution in [1.29, 1.82) is 0 Å². The number of hydrazine groups is 1. The predicted molar refractivity (Wildman–Crippen MR) is 82.6 cm³/mol. The van der Waals surface area contributed by atoms with Crippen LogP contribution in [0.2, 0.25) is 0 Å². The number of nitrogens with zero attached hydrogens (tertiary/aromatic N) is 2. The zero-order chi connectivity index (χ0) is 14.8. The number of aromatic nitrogens is 2. The zero-order valence-electron chi connectivity index (χ0n) is 12.3. The molecular weight excluding hydrogens is 264 g/mol. The van der Waals surface area contributed by atoms with Crippen LogP contribution in [-0.4, -0.2) is 9.78 Å². The lowest BCUT2D eigenvalue weighted by Crippen LogP contribution is -2.29. The predicted octanol–water partition coefficient (Wildman–Crippen LogP) is 2.70. The van der Waals surface area contributed by atoms with Gasteiger partial charge in [-0.15, -0.1) is 0 Å². The molecule has 3 N–H and O–H groups in total. The molecule has 0 spiro atoms. The van der Waals surface area contributed by atoms with Crippen LogP contribution in [0, 0.1) is 6.92 Å². The second kappa shape index (κ2) is 5.71. The van der Waals surface area contributed by atoms with Gasteiger partial charge < -0.3 is 4.42 Å². The third-order valence-corrected chi connectivity index (χ3v) is 3.69. The van der Waals surface area contributed by atoms with Gasteiger partial charge in [-0.3, -0.25) is 10.5 Å². The second-order valence-corrected chi connectivity index (χ2v) is 5.32. The lowest BCUT2D eigenvalue weighted by Gasteiger charge is -2.11. The van der Waals surface area contributed by atoms with E-state index < -0.39 is 0 Å². The molecule has 3 aromatic rings. The highest BCUT2D eigenvalue weighted by molar-refractivity contribution is 5.78. The number of benzene rings is 1. The summed E-state index contributed by atoms with van der Waals surface area (Å²) in [5.41, 5.74) is 6.08. The summed E-state index contributed by atoms with van der Waals surface area (Å²) in [6.45, 7) is 5.01. The van der Waals surface area contributed by atoms with Crippen LogP contribution in [0.1, 0.15) is 29.9 Å². The van der Waals surface area contributed by atoms with Gasteiger partial charge in [-0.05, 0) is 44.0 Å². The topological polar surface area (TPSA) is 69.0 Å². The Labute approximate surface area is 123 Å². The molecule has 0 saturated heterocycles. The first-order chi connectivity index (χ1) is 10.2. The van der Waals surface area contributed by atoms with E-state index in [-0.39, 0.29) is 6.04 Å². The van der Waals surface area contributed by atoms with E-state index in [1.165, 1.54) is 5.56 Å². The van der Waals surface area contributed by atoms with E-state index in [9.17, 15) is 0 Å². The molecule has 0 bridgehead atoms. The molecule has 5 nitrogen and oxygen atoms in total. The largest absolute Gasteiger partial charge is 0.459 e. The molecule has 0 radical (unpaired) electrons. The quantitative estimate of drug-likeness (QED) is 0.558. The molecule has 0 amide bonds. The Morgan fingerprint density at radius 1 is 1.38 bits per heavy atom. The Balaban J connectivity index is 1.86. The maximum atomic E-state index is 5.91. The highest BCUT2D eigenvalue weighted by atomic mass is 16.3. The summed E-state index contributed by atoms with van der Waals surface area (Å²) in [6, 6.07) is 8.15. The van der Waals surface area contributed by atoms with Gasteiger partial charge in [0.15, 0.2) is 0 Å². The summed E-state index contributed by atoms with van der Waals surface area (Å²) < 4.78 is 7.82. The molecule has 2 aromatic heterocycles. The van der Waals surface area contributed by atoms with Crippen LogP contribution in [0.3, 0.4) is 0 Å². The van der Waals surface area contributed by atoms with Crippen molar-refractivity contribution in [3.05, 3.63) is 53.5 Å². The molecule has 2 heterocycles. The smallest absolute Gasteiger partial charge is 0.134 e. The van der Waals surface area contributed by atoms with E-state index in [1.807, 2.05) is 29.2 Å². The van der Waals surface area contributed by atoms with Crippen LogP contribution in [0.5, 0.6) is 0 Å². The molecular formula is C16H20N4O. The molecule has 0 aliphatic carbocycles. The lowest BCUT2D eigenvalue weighted by molar-refractivity contribution is 0.434. The van der Waals surface area contributed by atoms with Crippen LogP contribution in [0.4, 0.5) is 0 Å². The van der Waals surface area contributed by atoms with E-state index in [1.54, 1.807) is 0 Å². The summed E-state index contributed by atoms with van der Waals surface area (Å²) in [5.74, 6) is 6.56. The fourth-order valence-electron chi connectivity index (χ4n) is 2.52. The lowest BCUT2D eigenvalue weighted by atomic mass is 10.1. The average Bonchev–Trinajstić information content (AvgIpc) is 3.10. The van der Waals surface area contributed by atoms with E-state index in [0.29, 0.717) is 0 Å². The molecule has 0 aliphatic rings. The van der Waals surface area contributed by atoms with Gasteiger partial charge in [0.2, 0.25) is 0 Å². The number of hydrogen-bond acceptors (Lipinski definition) is 4. The van der Waals surface area contributed by atoms with Crippen molar-refractivity contribution < 1.29 is 4.42 Å². The monoisotopic (exact) mass is 284 g/mol. The van der Waals surface area contributed by atoms with Gasteiger partial charge >= 0.3 is 0 Å². The normalized spacial score (nSPS) is 12.9. The summed E-state index contributed by atoms with van der Waals surface area (Å²) in [4.78, 5) is 0. The molecule has 0 fully saturated rings. The Hall–Kier alpha value is -2.11. The zero-order valence-corrected chi connectivity index (χ0v) is 12.3. The van der Waals surface area contributed by atoms with Crippen LogP contribution in [0.25, 0.3) is 11.0 Å². The van der Waals surface area contributed by atoms with Gasteiger partial charge in [-0.1, -0.05) is 11.6 Å². The Bertz CT molecular complexity index is 744. The number of rotatable bonds is 5. The summed E-state index contributed by atoms with van der Waals surface area (Å²) in [7, 11) is 0. The van der Waals surface area contributed by atoms with Crippen molar-refractivity contribution in [2.45, 2.75) is 32.9 Å². The Morgan fingerprint density at radius 2 is 2.24 bits per heavy atom. The minimum Gasteiger partial charge on any atom is -0.459 e. The fourth-order valence-corrected chi connectivity index (χ4v) is 2.52. The Morgan fingerprint density at radius 3 is 2.95 bits per heavy atom. The minimum absolute atomic E-state index is 0.0628. The van der Waals surface area contributed by atoms with Gasteiger partial charge in [0.25, 0.3) is 0 Å². The molecule has 110 valence electrons. The second-order valence-electron chi connectivity index (χ2n) is 5.32. The molecule has 1 aromatic carbocycles. The van der Waals surface area contributed by atoms with Crippen LogP contribution >= 0.6 is 0 Å². The maximum absolute atomic E-state index is 5.91. The van der Waals surface area contributed by atoms with Crippen molar-refractivity contribution in [2.24, 2.45) is 5.84 Å². The third kappa shape index (κ3) is 2.84. The first kappa shape index (κ1) is 13.9. The van der Waals surface area contributed by atoms with Crippen LogP contribution < -0.4 is 11.3 Å². The molecule has 1 atom stereocenters. The van der Waals surface area contributed by atoms with Gasteiger partial charge in [-0.2, -0.15) is 5.10 Å². The molecule has 1 unspecified atom stereocenters. The van der Waals surface area contributed by atoms with E-state index in [4.69, 9.17) is 10.3 Å². The highest BCUT2D eigenvalue weighted by Crippen LogP contribution is 2.26. The van der Waals surface area contributed by atoms with E-state index in [2.05, 4.69) is 36.5 Å². The molecule has 21 heavy (non-hydrogen) atoms. The summed E-state index contributed by atoms with van der Waals surface area (Å²) in [5, 5.41) is 5.39. The average molecular weight is 284 g/mol. The van der Waals surface area contributed by atoms with Crippen molar-refractivity contribution in [3.63, 3.8) is 0 Å². The SMILES string of the molecule is CCn1cc(CC(NN)c2cc3cc(C)ccc3o2)cn1. The van der Waals surface area contributed by atoms with Gasteiger partial charge in [0, 0.05) is 18.1 Å². The van der Waals surface area contributed by atoms with Crippen LogP contribution in [0.15, 0.2) is 41.1 Å². The van der Waals surface area contributed by atoms with Gasteiger partial charge in [0.1, 0.15) is 11.3 Å². The highest BCUT2D eigenvalue weighted by Gasteiger charge is 2.16. The fraction of sp³-hybridized carbons (Fsp3) is 0.312. The van der Waals surface area contributed by atoms with E-state index >= 15 is 0 Å². The standard InChI is InChI=1S/C16H20N4O/c1-3-20-10-12(9-18-20)7-14(19-17)16-8-13-6-11(2)4-5-15(13)21-16/h4-6,8-10,14,19H,3,7,17H2,1-2H3. The number of nitrogens with one attached hydrogen (secondary N) is 1. The van der Waals surface area contributed by atoms with Gasteiger partial charge in [0.05, 0.1) is 12.2 Å². The third-order valence-electron chi connectivity index (χ3n) is 3.69.